The predicted molar refractivity (Wildman–Crippen MR) is 104 cm³/mol. The Bertz CT molecular complexity index is 488. The molecule has 0 radical (unpaired) electrons. The maximum absolute atomic E-state index is 4.48. The lowest BCUT2D eigenvalue weighted by atomic mass is 10.3. The van der Waals surface area contributed by atoms with Crippen LogP contribution in [0.2, 0.25) is 0 Å². The van der Waals surface area contributed by atoms with Crippen molar-refractivity contribution in [1.82, 2.24) is 15.1 Å². The summed E-state index contributed by atoms with van der Waals surface area (Å²) in [6, 6.07) is 4.35. The molecule has 0 aliphatic carbocycles. The molecule has 2 aliphatic heterocycles. The number of anilines is 1. The Kier molecular flexibility index (Phi) is 6.78. The van der Waals surface area contributed by atoms with Gasteiger partial charge in [0.15, 0.2) is 5.96 Å². The molecule has 0 saturated carbocycles. The molecule has 0 unspecified atom stereocenters. The van der Waals surface area contributed by atoms with Crippen molar-refractivity contribution in [3.8, 4) is 0 Å². The smallest absolute Gasteiger partial charge is 0.193 e. The summed E-state index contributed by atoms with van der Waals surface area (Å²) in [5.41, 5.74) is 0. The van der Waals surface area contributed by atoms with Crippen molar-refractivity contribution < 1.29 is 0 Å². The van der Waals surface area contributed by atoms with Crippen LogP contribution < -0.4 is 10.2 Å². The molecule has 1 aromatic rings. The molecule has 134 valence electrons. The Balaban J connectivity index is 1.33. The second-order valence-corrected chi connectivity index (χ2v) is 7.58. The number of nitrogens with one attached hydrogen (secondary N) is 1. The highest BCUT2D eigenvalue weighted by atomic mass is 32.1. The van der Waals surface area contributed by atoms with Crippen LogP contribution in [0.1, 0.15) is 25.7 Å². The number of unbranched alkanes of at least 4 members (excludes halogenated alkanes) is 1. The third-order valence-corrected chi connectivity index (χ3v) is 5.92. The van der Waals surface area contributed by atoms with Crippen molar-refractivity contribution in [2.45, 2.75) is 25.7 Å². The zero-order chi connectivity index (χ0) is 16.6. The maximum atomic E-state index is 4.48. The molecule has 24 heavy (non-hydrogen) atoms. The first-order valence-electron chi connectivity index (χ1n) is 9.33. The number of thiophene rings is 1. The Morgan fingerprint density at radius 2 is 1.92 bits per heavy atom. The van der Waals surface area contributed by atoms with Crippen LogP contribution >= 0.6 is 11.3 Å². The molecule has 3 rings (SSSR count). The molecule has 3 heterocycles. The maximum Gasteiger partial charge on any atom is 0.193 e. The van der Waals surface area contributed by atoms with E-state index in [1.807, 2.05) is 18.4 Å². The van der Waals surface area contributed by atoms with E-state index >= 15 is 0 Å². The number of guanidine groups is 1. The molecule has 1 aromatic heterocycles. The van der Waals surface area contributed by atoms with Gasteiger partial charge in [0.25, 0.3) is 0 Å². The first kappa shape index (κ1) is 17.5. The van der Waals surface area contributed by atoms with Gasteiger partial charge in [0, 0.05) is 39.8 Å². The number of hydrogen-bond donors (Lipinski definition) is 1. The Morgan fingerprint density at radius 3 is 2.58 bits per heavy atom. The van der Waals surface area contributed by atoms with E-state index in [0.717, 1.165) is 38.7 Å². The van der Waals surface area contributed by atoms with Crippen molar-refractivity contribution >= 4 is 22.3 Å². The van der Waals surface area contributed by atoms with Gasteiger partial charge in [-0.05, 0) is 62.8 Å². The average Bonchev–Trinajstić information content (AvgIpc) is 3.32. The minimum atomic E-state index is 1.03. The number of nitrogens with zero attached hydrogens (tertiary/aromatic N) is 4. The minimum Gasteiger partial charge on any atom is -0.360 e. The normalized spacial score (nSPS) is 20.0. The molecular weight excluding hydrogens is 318 g/mol. The van der Waals surface area contributed by atoms with E-state index in [0.29, 0.717) is 0 Å². The summed E-state index contributed by atoms with van der Waals surface area (Å²) in [5, 5.41) is 7.10. The van der Waals surface area contributed by atoms with Gasteiger partial charge in [0.1, 0.15) is 0 Å². The van der Waals surface area contributed by atoms with Crippen LogP contribution in [0.5, 0.6) is 0 Å². The molecule has 0 amide bonds. The molecule has 0 atom stereocenters. The lowest BCUT2D eigenvalue weighted by molar-refractivity contribution is 0.329. The summed E-state index contributed by atoms with van der Waals surface area (Å²) in [4.78, 5) is 11.9. The molecule has 2 fully saturated rings. The second kappa shape index (κ2) is 9.28. The zero-order valence-electron chi connectivity index (χ0n) is 14.9. The van der Waals surface area contributed by atoms with E-state index in [1.165, 1.54) is 50.3 Å². The van der Waals surface area contributed by atoms with Crippen molar-refractivity contribution in [1.29, 1.82) is 0 Å². The van der Waals surface area contributed by atoms with Crippen LogP contribution in [0.4, 0.5) is 5.00 Å². The van der Waals surface area contributed by atoms with Gasteiger partial charge in [-0.2, -0.15) is 0 Å². The van der Waals surface area contributed by atoms with Gasteiger partial charge in [-0.25, -0.2) is 0 Å². The van der Waals surface area contributed by atoms with Crippen molar-refractivity contribution in [2.75, 3.05) is 64.3 Å². The standard InChI is InChI=1S/C18H31N5S/c1-19-18(20-8-2-3-9-21-10-4-5-11-21)23-14-12-22(13-15-23)17-7-6-16-24-17/h6-7,16H,2-5,8-15H2,1H3,(H,19,20). The number of aliphatic imine (C=N–C) groups is 1. The summed E-state index contributed by atoms with van der Waals surface area (Å²) >= 11 is 1.83. The topological polar surface area (TPSA) is 34.1 Å². The zero-order valence-corrected chi connectivity index (χ0v) is 15.7. The molecule has 0 bridgehead atoms. The quantitative estimate of drug-likeness (QED) is 0.486. The number of hydrogen-bond acceptors (Lipinski definition) is 4. The van der Waals surface area contributed by atoms with Crippen molar-refractivity contribution in [2.24, 2.45) is 4.99 Å². The second-order valence-electron chi connectivity index (χ2n) is 6.66. The van der Waals surface area contributed by atoms with Gasteiger partial charge in [-0.3, -0.25) is 4.99 Å². The van der Waals surface area contributed by atoms with Gasteiger partial charge in [0.05, 0.1) is 5.00 Å². The minimum absolute atomic E-state index is 1.03. The molecule has 2 saturated heterocycles. The first-order valence-corrected chi connectivity index (χ1v) is 10.2. The number of piperazine rings is 1. The average molecular weight is 350 g/mol. The summed E-state index contributed by atoms with van der Waals surface area (Å²) in [6.45, 7) is 9.17. The molecule has 6 heteroatoms. The third kappa shape index (κ3) is 4.86. The molecule has 0 spiro atoms. The Labute approximate surface area is 150 Å². The van der Waals surface area contributed by atoms with E-state index in [4.69, 9.17) is 0 Å². The SMILES string of the molecule is CN=C(NCCCCN1CCCC1)N1CCN(c2cccs2)CC1. The summed E-state index contributed by atoms with van der Waals surface area (Å²) in [7, 11) is 1.90. The van der Waals surface area contributed by atoms with E-state index in [1.54, 1.807) is 0 Å². The fraction of sp³-hybridized carbons (Fsp3) is 0.722. The van der Waals surface area contributed by atoms with Crippen molar-refractivity contribution in [3.05, 3.63) is 17.5 Å². The third-order valence-electron chi connectivity index (χ3n) is 4.99. The first-order chi connectivity index (χ1) is 11.9. The van der Waals surface area contributed by atoms with Crippen LogP contribution in [-0.2, 0) is 0 Å². The largest absolute Gasteiger partial charge is 0.360 e. The molecule has 2 aliphatic rings. The van der Waals surface area contributed by atoms with E-state index in [9.17, 15) is 0 Å². The molecular formula is C18H31N5S. The molecule has 1 N–H and O–H groups in total. The molecule has 5 nitrogen and oxygen atoms in total. The summed E-state index contributed by atoms with van der Waals surface area (Å²) < 4.78 is 0. The van der Waals surface area contributed by atoms with Crippen LogP contribution in [0.3, 0.4) is 0 Å². The molecule has 0 aromatic carbocycles. The number of rotatable bonds is 6. The fourth-order valence-electron chi connectivity index (χ4n) is 3.59. The van der Waals surface area contributed by atoms with Crippen LogP contribution in [0, 0.1) is 0 Å². The van der Waals surface area contributed by atoms with Crippen LogP contribution in [0.25, 0.3) is 0 Å². The fourth-order valence-corrected chi connectivity index (χ4v) is 4.37. The highest BCUT2D eigenvalue weighted by molar-refractivity contribution is 7.14. The van der Waals surface area contributed by atoms with Crippen LogP contribution in [0.15, 0.2) is 22.5 Å². The lowest BCUT2D eigenvalue weighted by Crippen LogP contribution is -2.52. The van der Waals surface area contributed by atoms with Gasteiger partial charge in [-0.1, -0.05) is 0 Å². The monoisotopic (exact) mass is 349 g/mol. The van der Waals surface area contributed by atoms with E-state index < -0.39 is 0 Å². The Hall–Kier alpha value is -1.27. The number of likely N-dealkylation sites (tertiary alicyclic amines) is 1. The summed E-state index contributed by atoms with van der Waals surface area (Å²) in [6.07, 6.45) is 5.30. The Morgan fingerprint density at radius 1 is 1.12 bits per heavy atom. The lowest BCUT2D eigenvalue weighted by Gasteiger charge is -2.37. The van der Waals surface area contributed by atoms with Crippen molar-refractivity contribution in [3.63, 3.8) is 0 Å². The highest BCUT2D eigenvalue weighted by Crippen LogP contribution is 2.22. The van der Waals surface area contributed by atoms with E-state index in [2.05, 4.69) is 42.5 Å². The summed E-state index contributed by atoms with van der Waals surface area (Å²) in [5.74, 6) is 1.07. The highest BCUT2D eigenvalue weighted by Gasteiger charge is 2.20. The predicted octanol–water partition coefficient (Wildman–Crippen LogP) is 2.32. The van der Waals surface area contributed by atoms with Crippen LogP contribution in [-0.4, -0.2) is 75.2 Å². The van der Waals surface area contributed by atoms with E-state index in [-0.39, 0.29) is 0 Å². The van der Waals surface area contributed by atoms with Gasteiger partial charge in [-0.15, -0.1) is 11.3 Å². The van der Waals surface area contributed by atoms with Gasteiger partial charge < -0.3 is 20.0 Å². The van der Waals surface area contributed by atoms with Gasteiger partial charge >= 0.3 is 0 Å². The van der Waals surface area contributed by atoms with Gasteiger partial charge in [0.2, 0.25) is 0 Å².